The molecule has 2 aromatic carbocycles. The zero-order valence-electron chi connectivity index (χ0n) is 15.5. The lowest BCUT2D eigenvalue weighted by molar-refractivity contribution is -0.137. The molecular formula is C22H22ClNO4. The first-order chi connectivity index (χ1) is 13.7. The van der Waals surface area contributed by atoms with Gasteiger partial charge in [-0.1, -0.05) is 17.7 Å². The number of ether oxygens (including phenoxy) is 3. The van der Waals surface area contributed by atoms with Gasteiger partial charge in [0.25, 0.3) is 0 Å². The van der Waals surface area contributed by atoms with Crippen molar-refractivity contribution in [3.05, 3.63) is 52.5 Å². The molecule has 6 heteroatoms. The average Bonchev–Trinajstić information content (AvgIpc) is 3.22. The van der Waals surface area contributed by atoms with Crippen LogP contribution in [0.2, 0.25) is 5.02 Å². The van der Waals surface area contributed by atoms with Crippen molar-refractivity contribution in [2.24, 2.45) is 5.92 Å². The largest absolute Gasteiger partial charge is 0.492 e. The first-order valence-electron chi connectivity index (χ1n) is 9.80. The maximum atomic E-state index is 13.3. The summed E-state index contributed by atoms with van der Waals surface area (Å²) in [7, 11) is 0. The summed E-state index contributed by atoms with van der Waals surface area (Å²) in [5.41, 5.74) is 2.11. The molecule has 2 unspecified atom stereocenters. The minimum Gasteiger partial charge on any atom is -0.492 e. The molecule has 0 saturated carbocycles. The summed E-state index contributed by atoms with van der Waals surface area (Å²) in [6, 6.07) is 11.7. The minimum absolute atomic E-state index is 0.0732. The summed E-state index contributed by atoms with van der Waals surface area (Å²) in [6.07, 6.45) is 2.63. The fraction of sp³-hybridized carbons (Fsp3) is 0.409. The number of carbonyl (C=O) groups is 1. The van der Waals surface area contributed by atoms with Crippen molar-refractivity contribution < 1.29 is 19.0 Å². The van der Waals surface area contributed by atoms with Gasteiger partial charge in [0, 0.05) is 11.6 Å². The highest BCUT2D eigenvalue weighted by molar-refractivity contribution is 6.30. The van der Waals surface area contributed by atoms with Crippen LogP contribution >= 0.6 is 11.6 Å². The van der Waals surface area contributed by atoms with E-state index in [-0.39, 0.29) is 17.9 Å². The number of fused-ring (bicyclic) bond motifs is 2. The van der Waals surface area contributed by atoms with Gasteiger partial charge in [-0.15, -0.1) is 0 Å². The van der Waals surface area contributed by atoms with Gasteiger partial charge in [-0.3, -0.25) is 4.79 Å². The predicted molar refractivity (Wildman–Crippen MR) is 105 cm³/mol. The molecule has 0 spiro atoms. The molecule has 3 aliphatic heterocycles. The predicted octanol–water partition coefficient (Wildman–Crippen LogP) is 4.03. The summed E-state index contributed by atoms with van der Waals surface area (Å²) in [6.45, 7) is 2.33. The number of hydrogen-bond donors (Lipinski definition) is 0. The highest BCUT2D eigenvalue weighted by Crippen LogP contribution is 2.39. The smallest absolute Gasteiger partial charge is 0.229 e. The van der Waals surface area contributed by atoms with E-state index in [0.717, 1.165) is 47.8 Å². The van der Waals surface area contributed by atoms with Crippen LogP contribution in [0, 0.1) is 5.92 Å². The van der Waals surface area contributed by atoms with Crippen molar-refractivity contribution in [3.8, 4) is 17.2 Å². The van der Waals surface area contributed by atoms with Crippen LogP contribution in [0.15, 0.2) is 36.4 Å². The Morgan fingerprint density at radius 2 is 1.82 bits per heavy atom. The van der Waals surface area contributed by atoms with Gasteiger partial charge in [-0.05, 0) is 60.7 Å². The second-order valence-corrected chi connectivity index (χ2v) is 7.99. The molecular weight excluding hydrogens is 378 g/mol. The summed E-state index contributed by atoms with van der Waals surface area (Å²) >= 11 is 6.12. The number of benzene rings is 2. The molecule has 1 amide bonds. The van der Waals surface area contributed by atoms with E-state index in [1.807, 2.05) is 35.2 Å². The van der Waals surface area contributed by atoms with Crippen molar-refractivity contribution in [1.82, 2.24) is 4.90 Å². The molecule has 5 rings (SSSR count). The molecule has 3 aliphatic rings. The van der Waals surface area contributed by atoms with Crippen molar-refractivity contribution >= 4 is 17.5 Å². The second-order valence-electron chi connectivity index (χ2n) is 7.56. The van der Waals surface area contributed by atoms with E-state index in [4.69, 9.17) is 25.8 Å². The van der Waals surface area contributed by atoms with Crippen LogP contribution in [0.25, 0.3) is 0 Å². The number of carbonyl (C=O) groups excluding carboxylic acids is 1. The summed E-state index contributed by atoms with van der Waals surface area (Å²) in [4.78, 5) is 15.3. The Balaban J connectivity index is 1.36. The summed E-state index contributed by atoms with van der Waals surface area (Å²) in [5.74, 6) is 2.36. The first-order valence-corrected chi connectivity index (χ1v) is 10.2. The van der Waals surface area contributed by atoms with Crippen LogP contribution < -0.4 is 14.2 Å². The molecule has 0 aromatic heterocycles. The van der Waals surface area contributed by atoms with Crippen LogP contribution in [0.3, 0.4) is 0 Å². The van der Waals surface area contributed by atoms with E-state index in [0.29, 0.717) is 31.3 Å². The first kappa shape index (κ1) is 17.7. The standard InChI is InChI=1S/C22H22ClNO4/c23-17-4-6-19-15(11-17)10-16(13-28-19)22(25)24-7-1-2-18(24)14-3-5-20-21(12-14)27-9-8-26-20/h3-6,11-12,16,18H,1-2,7-10,13H2. The highest BCUT2D eigenvalue weighted by atomic mass is 35.5. The normalized spacial score (nSPS) is 23.1. The zero-order valence-corrected chi connectivity index (χ0v) is 16.3. The van der Waals surface area contributed by atoms with Crippen LogP contribution in [0.4, 0.5) is 0 Å². The summed E-state index contributed by atoms with van der Waals surface area (Å²) < 4.78 is 17.2. The molecule has 0 aliphatic carbocycles. The third-order valence-corrected chi connectivity index (χ3v) is 6.00. The molecule has 146 valence electrons. The number of rotatable bonds is 2. The van der Waals surface area contributed by atoms with Gasteiger partial charge in [0.2, 0.25) is 5.91 Å². The monoisotopic (exact) mass is 399 g/mol. The average molecular weight is 400 g/mol. The molecule has 28 heavy (non-hydrogen) atoms. The third kappa shape index (κ3) is 3.18. The van der Waals surface area contributed by atoms with Gasteiger partial charge < -0.3 is 19.1 Å². The Bertz CT molecular complexity index is 915. The fourth-order valence-electron chi connectivity index (χ4n) is 4.40. The van der Waals surface area contributed by atoms with Crippen LogP contribution in [0.1, 0.15) is 30.0 Å². The maximum Gasteiger partial charge on any atom is 0.229 e. The Morgan fingerprint density at radius 3 is 2.71 bits per heavy atom. The number of amides is 1. The van der Waals surface area contributed by atoms with Crippen molar-refractivity contribution in [3.63, 3.8) is 0 Å². The molecule has 3 heterocycles. The van der Waals surface area contributed by atoms with Crippen molar-refractivity contribution in [2.45, 2.75) is 25.3 Å². The quantitative estimate of drug-likeness (QED) is 0.765. The van der Waals surface area contributed by atoms with E-state index >= 15 is 0 Å². The fourth-order valence-corrected chi connectivity index (χ4v) is 4.60. The number of halogens is 1. The lowest BCUT2D eigenvalue weighted by atomic mass is 9.94. The molecule has 0 N–H and O–H groups in total. The molecule has 0 bridgehead atoms. The SMILES string of the molecule is O=C(C1COc2ccc(Cl)cc2C1)N1CCCC1c1ccc2c(c1)OCCO2. The molecule has 0 radical (unpaired) electrons. The van der Waals surface area contributed by atoms with Crippen molar-refractivity contribution in [2.75, 3.05) is 26.4 Å². The van der Waals surface area contributed by atoms with E-state index in [1.165, 1.54) is 0 Å². The van der Waals surface area contributed by atoms with Gasteiger partial charge >= 0.3 is 0 Å². The lowest BCUT2D eigenvalue weighted by Gasteiger charge is -2.32. The van der Waals surface area contributed by atoms with Crippen LogP contribution in [-0.2, 0) is 11.2 Å². The van der Waals surface area contributed by atoms with Crippen molar-refractivity contribution in [1.29, 1.82) is 0 Å². The Morgan fingerprint density at radius 1 is 1.00 bits per heavy atom. The molecule has 1 fully saturated rings. The minimum atomic E-state index is -0.177. The Kier molecular flexibility index (Phi) is 4.55. The van der Waals surface area contributed by atoms with Gasteiger partial charge in [0.15, 0.2) is 11.5 Å². The van der Waals surface area contributed by atoms with Crippen LogP contribution in [-0.4, -0.2) is 37.2 Å². The van der Waals surface area contributed by atoms with Gasteiger partial charge in [-0.25, -0.2) is 0 Å². The van der Waals surface area contributed by atoms with Crippen LogP contribution in [0.5, 0.6) is 17.2 Å². The third-order valence-electron chi connectivity index (χ3n) is 5.76. The molecule has 1 saturated heterocycles. The van der Waals surface area contributed by atoms with Gasteiger partial charge in [0.1, 0.15) is 25.6 Å². The number of hydrogen-bond acceptors (Lipinski definition) is 4. The Labute approximate surface area is 169 Å². The lowest BCUT2D eigenvalue weighted by Crippen LogP contribution is -2.40. The zero-order chi connectivity index (χ0) is 19.1. The van der Waals surface area contributed by atoms with E-state index in [1.54, 1.807) is 0 Å². The molecule has 2 atom stereocenters. The highest BCUT2D eigenvalue weighted by Gasteiger charge is 2.36. The van der Waals surface area contributed by atoms with E-state index in [2.05, 4.69) is 6.07 Å². The Hall–Kier alpha value is -2.40. The second kappa shape index (κ2) is 7.21. The van der Waals surface area contributed by atoms with Gasteiger partial charge in [-0.2, -0.15) is 0 Å². The van der Waals surface area contributed by atoms with Gasteiger partial charge in [0.05, 0.1) is 12.0 Å². The maximum absolute atomic E-state index is 13.3. The molecule has 2 aromatic rings. The number of likely N-dealkylation sites (tertiary alicyclic amines) is 1. The summed E-state index contributed by atoms with van der Waals surface area (Å²) in [5, 5.41) is 0.672. The number of nitrogens with zero attached hydrogens (tertiary/aromatic N) is 1. The van der Waals surface area contributed by atoms with E-state index in [9.17, 15) is 4.79 Å². The molecule has 5 nitrogen and oxygen atoms in total. The topological polar surface area (TPSA) is 48.0 Å². The van der Waals surface area contributed by atoms with E-state index < -0.39 is 0 Å².